The van der Waals surface area contributed by atoms with Crippen LogP contribution >= 0.6 is 0 Å². The van der Waals surface area contributed by atoms with Crippen LogP contribution in [0.15, 0.2) is 54.1 Å². The Morgan fingerprint density at radius 3 is 2.50 bits per heavy atom. The number of Topliss-reactive ketones (excluding diaryl/α,β-unsaturated/α-hetero) is 1. The molecular formula is C16H13NO. The molecule has 18 heavy (non-hydrogen) atoms. The van der Waals surface area contributed by atoms with Gasteiger partial charge in [0, 0.05) is 23.2 Å². The largest absolute Gasteiger partial charge is 0.398 e. The first-order chi connectivity index (χ1) is 8.75. The van der Waals surface area contributed by atoms with Crippen LogP contribution in [0, 0.1) is 0 Å². The van der Waals surface area contributed by atoms with E-state index in [1.807, 2.05) is 54.6 Å². The molecule has 0 saturated carbocycles. The molecule has 1 aliphatic rings. The summed E-state index contributed by atoms with van der Waals surface area (Å²) in [7, 11) is 0. The summed E-state index contributed by atoms with van der Waals surface area (Å²) in [4.78, 5) is 12.2. The predicted molar refractivity (Wildman–Crippen MR) is 73.3 cm³/mol. The maximum atomic E-state index is 12.2. The van der Waals surface area contributed by atoms with Crippen LogP contribution in [0.5, 0.6) is 0 Å². The molecular weight excluding hydrogens is 222 g/mol. The molecule has 0 saturated heterocycles. The lowest BCUT2D eigenvalue weighted by atomic mass is 10.1. The number of hydrogen-bond donors (Lipinski definition) is 1. The molecule has 0 radical (unpaired) electrons. The first kappa shape index (κ1) is 10.8. The lowest BCUT2D eigenvalue weighted by Gasteiger charge is -2.00. The van der Waals surface area contributed by atoms with Crippen LogP contribution in [0.1, 0.15) is 21.5 Å². The zero-order valence-electron chi connectivity index (χ0n) is 9.89. The van der Waals surface area contributed by atoms with Crippen LogP contribution in [-0.2, 0) is 6.42 Å². The molecule has 1 aliphatic carbocycles. The third-order valence-corrected chi connectivity index (χ3v) is 3.26. The van der Waals surface area contributed by atoms with Crippen molar-refractivity contribution in [3.8, 4) is 0 Å². The minimum Gasteiger partial charge on any atom is -0.398 e. The molecule has 0 unspecified atom stereocenters. The summed E-state index contributed by atoms with van der Waals surface area (Å²) < 4.78 is 0. The lowest BCUT2D eigenvalue weighted by molar-refractivity contribution is 0.104. The van der Waals surface area contributed by atoms with E-state index in [-0.39, 0.29) is 5.78 Å². The number of carbonyl (C=O) groups is 1. The van der Waals surface area contributed by atoms with E-state index in [1.165, 1.54) is 0 Å². The van der Waals surface area contributed by atoms with Crippen molar-refractivity contribution in [1.29, 1.82) is 0 Å². The quantitative estimate of drug-likeness (QED) is 0.609. The van der Waals surface area contributed by atoms with Crippen LogP contribution in [0.2, 0.25) is 0 Å². The Morgan fingerprint density at radius 2 is 1.72 bits per heavy atom. The van der Waals surface area contributed by atoms with Gasteiger partial charge in [0.15, 0.2) is 5.78 Å². The molecule has 3 rings (SSSR count). The molecule has 0 spiro atoms. The van der Waals surface area contributed by atoms with Gasteiger partial charge in [-0.3, -0.25) is 4.79 Å². The van der Waals surface area contributed by atoms with Gasteiger partial charge in [0.1, 0.15) is 0 Å². The maximum absolute atomic E-state index is 12.2. The second-order valence-corrected chi connectivity index (χ2v) is 4.46. The molecule has 0 bridgehead atoms. The zero-order chi connectivity index (χ0) is 12.5. The van der Waals surface area contributed by atoms with Gasteiger partial charge in [-0.1, -0.05) is 42.5 Å². The van der Waals surface area contributed by atoms with Gasteiger partial charge in [-0.15, -0.1) is 0 Å². The average molecular weight is 235 g/mol. The summed E-state index contributed by atoms with van der Waals surface area (Å²) in [6, 6.07) is 15.3. The third-order valence-electron chi connectivity index (χ3n) is 3.26. The number of fused-ring (bicyclic) bond motifs is 1. The molecule has 2 N–H and O–H groups in total. The van der Waals surface area contributed by atoms with E-state index in [0.29, 0.717) is 12.1 Å². The molecule has 2 aromatic rings. The van der Waals surface area contributed by atoms with Gasteiger partial charge in [0.05, 0.1) is 0 Å². The summed E-state index contributed by atoms with van der Waals surface area (Å²) in [6.45, 7) is 0. The number of hydrogen-bond acceptors (Lipinski definition) is 2. The van der Waals surface area contributed by atoms with Gasteiger partial charge >= 0.3 is 0 Å². The van der Waals surface area contributed by atoms with Crippen molar-refractivity contribution >= 4 is 17.5 Å². The second-order valence-electron chi connectivity index (χ2n) is 4.46. The van der Waals surface area contributed by atoms with E-state index in [0.717, 1.165) is 22.3 Å². The monoisotopic (exact) mass is 235 g/mol. The predicted octanol–water partition coefficient (Wildman–Crippen LogP) is 3.09. The fourth-order valence-electron chi connectivity index (χ4n) is 2.30. The van der Waals surface area contributed by atoms with Crippen LogP contribution in [-0.4, -0.2) is 5.78 Å². The second kappa shape index (κ2) is 4.15. The van der Waals surface area contributed by atoms with Gasteiger partial charge in [-0.25, -0.2) is 0 Å². The van der Waals surface area contributed by atoms with Crippen LogP contribution in [0.25, 0.3) is 6.08 Å². The van der Waals surface area contributed by atoms with Crippen molar-refractivity contribution in [2.45, 2.75) is 6.42 Å². The fourth-order valence-corrected chi connectivity index (χ4v) is 2.30. The summed E-state index contributed by atoms with van der Waals surface area (Å²) >= 11 is 0. The van der Waals surface area contributed by atoms with Crippen molar-refractivity contribution in [2.75, 3.05) is 5.73 Å². The van der Waals surface area contributed by atoms with Crippen molar-refractivity contribution in [2.24, 2.45) is 0 Å². The highest BCUT2D eigenvalue weighted by Gasteiger charge is 2.23. The number of anilines is 1. The van der Waals surface area contributed by atoms with Crippen molar-refractivity contribution < 1.29 is 4.79 Å². The summed E-state index contributed by atoms with van der Waals surface area (Å²) in [5, 5.41) is 0. The average Bonchev–Trinajstić information content (AvgIpc) is 2.70. The van der Waals surface area contributed by atoms with E-state index in [2.05, 4.69) is 0 Å². The number of benzene rings is 2. The highest BCUT2D eigenvalue weighted by atomic mass is 16.1. The number of nitrogens with two attached hydrogens (primary N) is 1. The molecule has 0 aromatic heterocycles. The standard InChI is InChI=1S/C16H13NO/c17-15-8-4-2-6-12(15)10-13-9-11-5-1-3-7-14(11)16(13)18/h1-8,10H,9,17H2/b13-10-. The number of allylic oxidation sites excluding steroid dienone is 1. The van der Waals surface area contributed by atoms with E-state index >= 15 is 0 Å². The van der Waals surface area contributed by atoms with Crippen molar-refractivity contribution in [3.63, 3.8) is 0 Å². The molecule has 2 nitrogen and oxygen atoms in total. The Balaban J connectivity index is 2.02. The van der Waals surface area contributed by atoms with Crippen LogP contribution < -0.4 is 5.73 Å². The number of nitrogen functional groups attached to an aromatic ring is 1. The normalized spacial score (nSPS) is 16.0. The molecule has 0 aliphatic heterocycles. The Bertz CT molecular complexity index is 656. The fraction of sp³-hybridized carbons (Fsp3) is 0.0625. The number of ketones is 1. The highest BCUT2D eigenvalue weighted by Crippen LogP contribution is 2.28. The van der Waals surface area contributed by atoms with E-state index in [1.54, 1.807) is 0 Å². The Kier molecular flexibility index (Phi) is 2.49. The summed E-state index contributed by atoms with van der Waals surface area (Å²) in [5.74, 6) is 0.119. The molecule has 0 amide bonds. The SMILES string of the molecule is Nc1ccccc1/C=C1/Cc2ccccc2C1=O. The van der Waals surface area contributed by atoms with Crippen LogP contribution in [0.3, 0.4) is 0 Å². The molecule has 88 valence electrons. The van der Waals surface area contributed by atoms with Crippen molar-refractivity contribution in [1.82, 2.24) is 0 Å². The lowest BCUT2D eigenvalue weighted by Crippen LogP contribution is -1.96. The molecule has 2 heteroatoms. The van der Waals surface area contributed by atoms with Crippen molar-refractivity contribution in [3.05, 3.63) is 70.8 Å². The van der Waals surface area contributed by atoms with Gasteiger partial charge in [-0.2, -0.15) is 0 Å². The Hall–Kier alpha value is -2.35. The molecule has 2 aromatic carbocycles. The first-order valence-electron chi connectivity index (χ1n) is 5.93. The molecule has 0 atom stereocenters. The highest BCUT2D eigenvalue weighted by molar-refractivity contribution is 6.15. The summed E-state index contributed by atoms with van der Waals surface area (Å²) in [5.41, 5.74) is 10.2. The topological polar surface area (TPSA) is 43.1 Å². The van der Waals surface area contributed by atoms with Crippen LogP contribution in [0.4, 0.5) is 5.69 Å². The number of rotatable bonds is 1. The third kappa shape index (κ3) is 1.72. The number of carbonyl (C=O) groups excluding carboxylic acids is 1. The van der Waals surface area contributed by atoms with Gasteiger partial charge in [-0.05, 0) is 23.3 Å². The minimum absolute atomic E-state index is 0.119. The Labute approximate surface area is 106 Å². The van der Waals surface area contributed by atoms with E-state index in [4.69, 9.17) is 5.73 Å². The minimum atomic E-state index is 0.119. The molecule has 0 fully saturated rings. The van der Waals surface area contributed by atoms with E-state index in [9.17, 15) is 4.79 Å². The maximum Gasteiger partial charge on any atom is 0.189 e. The zero-order valence-corrected chi connectivity index (χ0v) is 9.89. The van der Waals surface area contributed by atoms with Gasteiger partial charge < -0.3 is 5.73 Å². The number of para-hydroxylation sites is 1. The Morgan fingerprint density at radius 1 is 1.00 bits per heavy atom. The summed E-state index contributed by atoms with van der Waals surface area (Å²) in [6.07, 6.45) is 2.60. The first-order valence-corrected chi connectivity index (χ1v) is 5.93. The van der Waals surface area contributed by atoms with E-state index < -0.39 is 0 Å². The van der Waals surface area contributed by atoms with Gasteiger partial charge in [0.2, 0.25) is 0 Å². The molecule has 0 heterocycles. The smallest absolute Gasteiger partial charge is 0.189 e. The van der Waals surface area contributed by atoms with Gasteiger partial charge in [0.25, 0.3) is 0 Å².